The Labute approximate surface area is 103 Å². The number of nitriles is 1. The summed E-state index contributed by atoms with van der Waals surface area (Å²) in [6.07, 6.45) is 4.76. The molecule has 2 rings (SSSR count). The largest absolute Gasteiger partial charge is 0.310 e. The Kier molecular flexibility index (Phi) is 3.22. The van der Waals surface area contributed by atoms with E-state index in [0.717, 1.165) is 5.56 Å². The van der Waals surface area contributed by atoms with E-state index < -0.39 is 0 Å². The normalized spacial score (nSPS) is 9.88. The molecule has 4 nitrogen and oxygen atoms in total. The summed E-state index contributed by atoms with van der Waals surface area (Å²) in [5.74, 6) is 0. The second kappa shape index (κ2) is 4.81. The second-order valence-corrected chi connectivity index (χ2v) is 3.84. The number of halogens is 1. The molecule has 0 aliphatic carbocycles. The van der Waals surface area contributed by atoms with E-state index in [-0.39, 0.29) is 11.1 Å². The standard InChI is InChI=1S/C12H8ClN3O/c13-11-7-15-4-3-10(11)8-16-5-1-2-9(6-14)12(16)17/h1-5,7H,8H2. The first-order chi connectivity index (χ1) is 8.22. The first-order valence-corrected chi connectivity index (χ1v) is 5.28. The van der Waals surface area contributed by atoms with Crippen LogP contribution in [0.5, 0.6) is 0 Å². The Morgan fingerprint density at radius 3 is 3.00 bits per heavy atom. The molecule has 84 valence electrons. The van der Waals surface area contributed by atoms with Gasteiger partial charge in [-0.3, -0.25) is 9.78 Å². The van der Waals surface area contributed by atoms with Crippen molar-refractivity contribution in [2.45, 2.75) is 6.54 Å². The highest BCUT2D eigenvalue weighted by Gasteiger charge is 2.05. The average Bonchev–Trinajstić information content (AvgIpc) is 2.34. The van der Waals surface area contributed by atoms with E-state index in [9.17, 15) is 4.79 Å². The fraction of sp³-hybridized carbons (Fsp3) is 0.0833. The molecule has 0 spiro atoms. The van der Waals surface area contributed by atoms with Crippen molar-refractivity contribution in [3.8, 4) is 6.07 Å². The minimum absolute atomic E-state index is 0.123. The molecule has 17 heavy (non-hydrogen) atoms. The van der Waals surface area contributed by atoms with Gasteiger partial charge in [0.1, 0.15) is 11.6 Å². The summed E-state index contributed by atoms with van der Waals surface area (Å²) in [5, 5.41) is 9.27. The van der Waals surface area contributed by atoms with Crippen LogP contribution in [-0.4, -0.2) is 9.55 Å². The van der Waals surface area contributed by atoms with Crippen molar-refractivity contribution in [3.05, 3.63) is 63.3 Å². The van der Waals surface area contributed by atoms with Gasteiger partial charge in [0.25, 0.3) is 5.56 Å². The minimum atomic E-state index is -0.317. The van der Waals surface area contributed by atoms with Crippen molar-refractivity contribution >= 4 is 11.6 Å². The molecule has 0 N–H and O–H groups in total. The molecule has 0 unspecified atom stereocenters. The highest BCUT2D eigenvalue weighted by atomic mass is 35.5. The molecule has 2 aromatic heterocycles. The lowest BCUT2D eigenvalue weighted by Gasteiger charge is -2.06. The monoisotopic (exact) mass is 245 g/mol. The van der Waals surface area contributed by atoms with E-state index in [1.165, 1.54) is 16.8 Å². The van der Waals surface area contributed by atoms with E-state index in [1.54, 1.807) is 24.5 Å². The summed E-state index contributed by atoms with van der Waals surface area (Å²) >= 11 is 5.96. The Morgan fingerprint density at radius 1 is 1.47 bits per heavy atom. The van der Waals surface area contributed by atoms with Crippen LogP contribution in [0.25, 0.3) is 0 Å². The third-order valence-corrected chi connectivity index (χ3v) is 2.68. The maximum atomic E-state index is 11.8. The lowest BCUT2D eigenvalue weighted by Crippen LogP contribution is -2.22. The summed E-state index contributed by atoms with van der Waals surface area (Å²) in [7, 11) is 0. The van der Waals surface area contributed by atoms with E-state index in [2.05, 4.69) is 4.98 Å². The smallest absolute Gasteiger partial charge is 0.268 e. The average molecular weight is 246 g/mol. The highest BCUT2D eigenvalue weighted by molar-refractivity contribution is 6.31. The van der Waals surface area contributed by atoms with Gasteiger partial charge in [-0.05, 0) is 23.8 Å². The van der Waals surface area contributed by atoms with Gasteiger partial charge >= 0.3 is 0 Å². The molecule has 0 atom stereocenters. The summed E-state index contributed by atoms with van der Waals surface area (Å²) < 4.78 is 1.44. The lowest BCUT2D eigenvalue weighted by molar-refractivity contribution is 0.755. The number of rotatable bonds is 2. The van der Waals surface area contributed by atoms with Gasteiger partial charge in [0.05, 0.1) is 11.6 Å². The zero-order valence-electron chi connectivity index (χ0n) is 8.80. The molecule has 2 heterocycles. The molecule has 0 fully saturated rings. The topological polar surface area (TPSA) is 58.7 Å². The van der Waals surface area contributed by atoms with Crippen LogP contribution in [0.4, 0.5) is 0 Å². The van der Waals surface area contributed by atoms with Crippen molar-refractivity contribution in [2.24, 2.45) is 0 Å². The van der Waals surface area contributed by atoms with E-state index in [0.29, 0.717) is 11.6 Å². The number of hydrogen-bond donors (Lipinski definition) is 0. The van der Waals surface area contributed by atoms with Crippen LogP contribution in [0, 0.1) is 11.3 Å². The molecule has 5 heteroatoms. The Hall–Kier alpha value is -2.12. The van der Waals surface area contributed by atoms with Crippen LogP contribution < -0.4 is 5.56 Å². The van der Waals surface area contributed by atoms with Crippen molar-refractivity contribution in [1.82, 2.24) is 9.55 Å². The zero-order valence-corrected chi connectivity index (χ0v) is 9.55. The van der Waals surface area contributed by atoms with Crippen molar-refractivity contribution in [1.29, 1.82) is 5.26 Å². The van der Waals surface area contributed by atoms with Gasteiger partial charge < -0.3 is 4.57 Å². The summed E-state index contributed by atoms with van der Waals surface area (Å²) in [6.45, 7) is 0.329. The molecule has 0 aliphatic rings. The predicted molar refractivity (Wildman–Crippen MR) is 63.8 cm³/mol. The van der Waals surface area contributed by atoms with Crippen molar-refractivity contribution in [3.63, 3.8) is 0 Å². The number of pyridine rings is 2. The first kappa shape index (κ1) is 11.4. The molecule has 0 radical (unpaired) electrons. The molecule has 0 bridgehead atoms. The third kappa shape index (κ3) is 2.35. The Bertz CT molecular complexity index is 643. The highest BCUT2D eigenvalue weighted by Crippen LogP contribution is 2.13. The number of aromatic nitrogens is 2. The van der Waals surface area contributed by atoms with Crippen LogP contribution >= 0.6 is 11.6 Å². The molecule has 2 aromatic rings. The number of hydrogen-bond acceptors (Lipinski definition) is 3. The van der Waals surface area contributed by atoms with Crippen molar-refractivity contribution in [2.75, 3.05) is 0 Å². The fourth-order valence-corrected chi connectivity index (χ4v) is 1.64. The van der Waals surface area contributed by atoms with Crippen LogP contribution in [0.15, 0.2) is 41.6 Å². The van der Waals surface area contributed by atoms with Crippen LogP contribution in [0.1, 0.15) is 11.1 Å². The SMILES string of the molecule is N#Cc1cccn(Cc2ccncc2Cl)c1=O. The molecular weight excluding hydrogens is 238 g/mol. The predicted octanol–water partition coefficient (Wildman–Crippen LogP) is 1.82. The molecule has 0 amide bonds. The van der Waals surface area contributed by atoms with Gasteiger partial charge in [0, 0.05) is 18.6 Å². The van der Waals surface area contributed by atoms with Crippen molar-refractivity contribution < 1.29 is 0 Å². The molecular formula is C12H8ClN3O. The zero-order chi connectivity index (χ0) is 12.3. The van der Waals surface area contributed by atoms with Gasteiger partial charge in [-0.15, -0.1) is 0 Å². The van der Waals surface area contributed by atoms with Gasteiger partial charge in [-0.25, -0.2) is 0 Å². The summed E-state index contributed by atoms with van der Waals surface area (Å²) in [4.78, 5) is 15.7. The van der Waals surface area contributed by atoms with Gasteiger partial charge in [-0.2, -0.15) is 5.26 Å². The second-order valence-electron chi connectivity index (χ2n) is 3.43. The third-order valence-electron chi connectivity index (χ3n) is 2.34. The van der Waals surface area contributed by atoms with E-state index in [1.807, 2.05) is 6.07 Å². The van der Waals surface area contributed by atoms with Crippen LogP contribution in [0.2, 0.25) is 5.02 Å². The minimum Gasteiger partial charge on any atom is -0.310 e. The molecule has 0 saturated carbocycles. The molecule has 0 saturated heterocycles. The van der Waals surface area contributed by atoms with Crippen LogP contribution in [0.3, 0.4) is 0 Å². The molecule has 0 aromatic carbocycles. The quantitative estimate of drug-likeness (QED) is 0.811. The van der Waals surface area contributed by atoms with Gasteiger partial charge in [0.2, 0.25) is 0 Å². The van der Waals surface area contributed by atoms with Gasteiger partial charge in [-0.1, -0.05) is 11.6 Å². The van der Waals surface area contributed by atoms with Crippen LogP contribution in [-0.2, 0) is 6.54 Å². The fourth-order valence-electron chi connectivity index (χ4n) is 1.46. The maximum Gasteiger partial charge on any atom is 0.268 e. The van der Waals surface area contributed by atoms with Gasteiger partial charge in [0.15, 0.2) is 0 Å². The Balaban J connectivity index is 2.42. The van der Waals surface area contributed by atoms with E-state index in [4.69, 9.17) is 16.9 Å². The summed E-state index contributed by atoms with van der Waals surface area (Å²) in [5.41, 5.74) is 0.597. The van der Waals surface area contributed by atoms with E-state index >= 15 is 0 Å². The summed E-state index contributed by atoms with van der Waals surface area (Å²) in [6, 6.07) is 6.76. The first-order valence-electron chi connectivity index (χ1n) is 4.90. The lowest BCUT2D eigenvalue weighted by atomic mass is 10.2. The number of nitrogens with zero attached hydrogens (tertiary/aromatic N) is 3. The molecule has 0 aliphatic heterocycles. The maximum absolute atomic E-state index is 11.8. The Morgan fingerprint density at radius 2 is 2.29 bits per heavy atom.